The van der Waals surface area contributed by atoms with Gasteiger partial charge >= 0.3 is 5.97 Å². The molecule has 1 N–H and O–H groups in total. The minimum atomic E-state index is -0.777. The second-order valence-corrected chi connectivity index (χ2v) is 4.64. The van der Waals surface area contributed by atoms with Crippen LogP contribution < -0.4 is 4.74 Å². The van der Waals surface area contributed by atoms with Crippen LogP contribution in [0.4, 0.5) is 0 Å². The predicted octanol–water partition coefficient (Wildman–Crippen LogP) is 3.69. The number of carboxylic acids is 1. The van der Waals surface area contributed by atoms with Crippen LogP contribution in [0.25, 0.3) is 0 Å². The van der Waals surface area contributed by atoms with Gasteiger partial charge in [-0.1, -0.05) is 48.5 Å². The van der Waals surface area contributed by atoms with Gasteiger partial charge in [0.15, 0.2) is 0 Å². The highest BCUT2D eigenvalue weighted by molar-refractivity contribution is 5.67. The molecule has 0 aromatic heterocycles. The van der Waals surface area contributed by atoms with Gasteiger partial charge < -0.3 is 9.84 Å². The summed E-state index contributed by atoms with van der Waals surface area (Å²) in [7, 11) is 1.64. The molecule has 0 amide bonds. The van der Waals surface area contributed by atoms with Crippen molar-refractivity contribution in [2.24, 2.45) is 0 Å². The smallest absolute Gasteiger partial charge is 0.303 e. The van der Waals surface area contributed by atoms with Crippen molar-refractivity contribution >= 4 is 5.97 Å². The van der Waals surface area contributed by atoms with Gasteiger partial charge in [0.25, 0.3) is 0 Å². The first-order valence-electron chi connectivity index (χ1n) is 6.62. The SMILES string of the molecule is COc1ccccc1C(CCC(=O)O)c1ccccc1. The Morgan fingerprint density at radius 3 is 2.40 bits per heavy atom. The Kier molecular flexibility index (Phi) is 4.77. The van der Waals surface area contributed by atoms with E-state index in [9.17, 15) is 4.79 Å². The van der Waals surface area contributed by atoms with E-state index in [2.05, 4.69) is 0 Å². The third-order valence-corrected chi connectivity index (χ3v) is 3.36. The van der Waals surface area contributed by atoms with Crippen LogP contribution in [0.3, 0.4) is 0 Å². The van der Waals surface area contributed by atoms with Crippen molar-refractivity contribution in [2.75, 3.05) is 7.11 Å². The lowest BCUT2D eigenvalue weighted by molar-refractivity contribution is -0.137. The number of carboxylic acid groups (broad SMARTS) is 1. The van der Waals surface area contributed by atoms with Crippen LogP contribution in [0, 0.1) is 0 Å². The van der Waals surface area contributed by atoms with Gasteiger partial charge in [-0.3, -0.25) is 4.79 Å². The van der Waals surface area contributed by atoms with Crippen LogP contribution >= 0.6 is 0 Å². The minimum Gasteiger partial charge on any atom is -0.496 e. The van der Waals surface area contributed by atoms with Crippen molar-refractivity contribution in [1.82, 2.24) is 0 Å². The second kappa shape index (κ2) is 6.75. The summed E-state index contributed by atoms with van der Waals surface area (Å²) in [6.45, 7) is 0. The van der Waals surface area contributed by atoms with Gasteiger partial charge in [0, 0.05) is 17.9 Å². The first-order valence-corrected chi connectivity index (χ1v) is 6.62. The summed E-state index contributed by atoms with van der Waals surface area (Å²) in [6.07, 6.45) is 0.692. The first-order chi connectivity index (χ1) is 9.72. The number of methoxy groups -OCH3 is 1. The van der Waals surface area contributed by atoms with Gasteiger partial charge in [-0.2, -0.15) is 0 Å². The van der Waals surface area contributed by atoms with E-state index in [1.807, 2.05) is 54.6 Å². The molecule has 0 saturated carbocycles. The quantitative estimate of drug-likeness (QED) is 0.870. The fourth-order valence-corrected chi connectivity index (χ4v) is 2.41. The summed E-state index contributed by atoms with van der Waals surface area (Å²) in [6, 6.07) is 17.7. The maximum Gasteiger partial charge on any atom is 0.303 e. The molecule has 2 aromatic carbocycles. The summed E-state index contributed by atoms with van der Waals surface area (Å²) in [4.78, 5) is 10.9. The zero-order valence-electron chi connectivity index (χ0n) is 11.5. The number of hydrogen-bond acceptors (Lipinski definition) is 2. The standard InChI is InChI=1S/C17H18O3/c1-20-16-10-6-5-9-15(16)14(11-12-17(18)19)13-7-3-2-4-8-13/h2-10,14H,11-12H2,1H3,(H,18,19). The molecular formula is C17H18O3. The zero-order chi connectivity index (χ0) is 14.4. The molecule has 20 heavy (non-hydrogen) atoms. The lowest BCUT2D eigenvalue weighted by atomic mass is 9.87. The zero-order valence-corrected chi connectivity index (χ0v) is 11.5. The summed E-state index contributed by atoms with van der Waals surface area (Å²) < 4.78 is 5.41. The molecule has 3 heteroatoms. The monoisotopic (exact) mass is 270 g/mol. The van der Waals surface area contributed by atoms with Crippen LogP contribution in [0.5, 0.6) is 5.75 Å². The molecule has 0 saturated heterocycles. The van der Waals surface area contributed by atoms with Gasteiger partial charge in [-0.15, -0.1) is 0 Å². The fraction of sp³-hybridized carbons (Fsp3) is 0.235. The molecule has 0 spiro atoms. The van der Waals surface area contributed by atoms with Crippen molar-refractivity contribution in [2.45, 2.75) is 18.8 Å². The molecule has 0 bridgehead atoms. The number of carbonyl (C=O) groups is 1. The molecule has 104 valence electrons. The molecular weight excluding hydrogens is 252 g/mol. The Hall–Kier alpha value is -2.29. The van der Waals surface area contributed by atoms with Crippen LogP contribution in [0.1, 0.15) is 29.9 Å². The highest BCUT2D eigenvalue weighted by atomic mass is 16.5. The van der Waals surface area contributed by atoms with Gasteiger partial charge in [0.05, 0.1) is 7.11 Å². The normalized spacial score (nSPS) is 11.8. The van der Waals surface area contributed by atoms with E-state index in [4.69, 9.17) is 9.84 Å². The lowest BCUT2D eigenvalue weighted by Crippen LogP contribution is -2.06. The van der Waals surface area contributed by atoms with Crippen LogP contribution in [-0.4, -0.2) is 18.2 Å². The van der Waals surface area contributed by atoms with Gasteiger partial charge in [0.2, 0.25) is 0 Å². The van der Waals surface area contributed by atoms with Crippen molar-refractivity contribution < 1.29 is 14.6 Å². The number of rotatable bonds is 6. The molecule has 0 aliphatic heterocycles. The Morgan fingerprint density at radius 1 is 1.10 bits per heavy atom. The predicted molar refractivity (Wildman–Crippen MR) is 78.1 cm³/mol. The Morgan fingerprint density at radius 2 is 1.75 bits per heavy atom. The summed E-state index contributed by atoms with van der Waals surface area (Å²) in [5, 5.41) is 8.95. The fourth-order valence-electron chi connectivity index (χ4n) is 2.41. The molecule has 0 fully saturated rings. The van der Waals surface area contributed by atoms with Crippen molar-refractivity contribution in [3.05, 3.63) is 65.7 Å². The van der Waals surface area contributed by atoms with Gasteiger partial charge in [-0.25, -0.2) is 0 Å². The van der Waals surface area contributed by atoms with E-state index in [1.165, 1.54) is 0 Å². The Bertz CT molecular complexity index is 563. The van der Waals surface area contributed by atoms with E-state index in [0.29, 0.717) is 6.42 Å². The van der Waals surface area contributed by atoms with E-state index in [1.54, 1.807) is 7.11 Å². The van der Waals surface area contributed by atoms with E-state index in [-0.39, 0.29) is 12.3 Å². The molecule has 2 rings (SSSR count). The number of hydrogen-bond donors (Lipinski definition) is 1. The van der Waals surface area contributed by atoms with Crippen molar-refractivity contribution in [3.63, 3.8) is 0 Å². The number of aliphatic carboxylic acids is 1. The molecule has 1 unspecified atom stereocenters. The third kappa shape index (κ3) is 3.38. The van der Waals surface area contributed by atoms with Crippen molar-refractivity contribution in [1.29, 1.82) is 0 Å². The molecule has 0 aliphatic carbocycles. The number of ether oxygens (including phenoxy) is 1. The number of benzene rings is 2. The average molecular weight is 270 g/mol. The third-order valence-electron chi connectivity index (χ3n) is 3.36. The number of para-hydroxylation sites is 1. The highest BCUT2D eigenvalue weighted by Gasteiger charge is 2.18. The van der Waals surface area contributed by atoms with Crippen LogP contribution in [0.15, 0.2) is 54.6 Å². The molecule has 3 nitrogen and oxygen atoms in total. The van der Waals surface area contributed by atoms with Crippen LogP contribution in [0.2, 0.25) is 0 Å². The Labute approximate surface area is 118 Å². The van der Waals surface area contributed by atoms with E-state index < -0.39 is 5.97 Å². The molecule has 0 radical (unpaired) electrons. The first kappa shape index (κ1) is 14.1. The topological polar surface area (TPSA) is 46.5 Å². The summed E-state index contributed by atoms with van der Waals surface area (Å²) in [5.74, 6) is 0.0519. The average Bonchev–Trinajstić information content (AvgIpc) is 2.49. The highest BCUT2D eigenvalue weighted by Crippen LogP contribution is 2.34. The van der Waals surface area contributed by atoms with E-state index in [0.717, 1.165) is 16.9 Å². The molecule has 0 heterocycles. The van der Waals surface area contributed by atoms with Crippen LogP contribution in [-0.2, 0) is 4.79 Å². The van der Waals surface area contributed by atoms with Crippen molar-refractivity contribution in [3.8, 4) is 5.75 Å². The van der Waals surface area contributed by atoms with Gasteiger partial charge in [0.1, 0.15) is 5.75 Å². The second-order valence-electron chi connectivity index (χ2n) is 4.64. The maximum atomic E-state index is 10.9. The molecule has 2 aromatic rings. The Balaban J connectivity index is 2.38. The lowest BCUT2D eigenvalue weighted by Gasteiger charge is -2.19. The molecule has 1 atom stereocenters. The maximum absolute atomic E-state index is 10.9. The van der Waals surface area contributed by atoms with Gasteiger partial charge in [-0.05, 0) is 18.1 Å². The molecule has 0 aliphatic rings. The summed E-state index contributed by atoms with van der Waals surface area (Å²) in [5.41, 5.74) is 2.14. The minimum absolute atomic E-state index is 0.0310. The van der Waals surface area contributed by atoms with E-state index >= 15 is 0 Å². The largest absolute Gasteiger partial charge is 0.496 e. The summed E-state index contributed by atoms with van der Waals surface area (Å²) >= 11 is 0.